The summed E-state index contributed by atoms with van der Waals surface area (Å²) < 4.78 is 11.8. The number of benzene rings is 3. The Balaban J connectivity index is 1.27. The summed E-state index contributed by atoms with van der Waals surface area (Å²) in [5.41, 5.74) is 2.90. The fraction of sp³-hybridized carbons (Fsp3) is 0.222. The highest BCUT2D eigenvalue weighted by molar-refractivity contribution is 9.10. The van der Waals surface area contributed by atoms with E-state index in [1.165, 1.54) is 5.56 Å². The largest absolute Gasteiger partial charge is 0.492 e. The molecule has 1 saturated heterocycles. The molecule has 7 nitrogen and oxygen atoms in total. The van der Waals surface area contributed by atoms with Gasteiger partial charge in [0.05, 0.1) is 24.3 Å². The molecule has 0 bridgehead atoms. The fourth-order valence-corrected chi connectivity index (χ4v) is 4.37. The zero-order chi connectivity index (χ0) is 25.3. The first-order chi connectivity index (χ1) is 17.5. The van der Waals surface area contributed by atoms with Gasteiger partial charge in [-0.15, -0.1) is 0 Å². The summed E-state index contributed by atoms with van der Waals surface area (Å²) in [7, 11) is 0. The Morgan fingerprint density at radius 1 is 0.972 bits per heavy atom. The standard InChI is InChI=1S/C27H26BrN3O4S/c28-23-18-21(8-11-24(23)35-15-12-19-4-2-1-3-5-19)25(32)30-27(36)29-22-9-6-20(7-10-22)26(33)31-13-16-34-17-14-31/h1-11,18H,12-17H2,(H2,29,30,32,36). The molecule has 3 aromatic carbocycles. The lowest BCUT2D eigenvalue weighted by atomic mass is 10.1. The first kappa shape index (κ1) is 25.8. The molecule has 0 atom stereocenters. The maximum Gasteiger partial charge on any atom is 0.257 e. The number of morpholine rings is 1. The predicted octanol–water partition coefficient (Wildman–Crippen LogP) is 4.67. The molecular formula is C27H26BrN3O4S. The van der Waals surface area contributed by atoms with Gasteiger partial charge in [-0.1, -0.05) is 30.3 Å². The van der Waals surface area contributed by atoms with Gasteiger partial charge >= 0.3 is 0 Å². The molecule has 1 fully saturated rings. The number of hydrogen-bond donors (Lipinski definition) is 2. The van der Waals surface area contributed by atoms with E-state index in [4.69, 9.17) is 21.7 Å². The number of nitrogens with one attached hydrogen (secondary N) is 2. The highest BCUT2D eigenvalue weighted by atomic mass is 79.9. The highest BCUT2D eigenvalue weighted by Crippen LogP contribution is 2.26. The van der Waals surface area contributed by atoms with Gasteiger partial charge in [0.1, 0.15) is 5.75 Å². The Morgan fingerprint density at radius 3 is 2.36 bits per heavy atom. The SMILES string of the molecule is O=C(NC(=S)Nc1ccc(C(=O)N2CCOCC2)cc1)c1ccc(OCCc2ccccc2)c(Br)c1. The topological polar surface area (TPSA) is 79.9 Å². The summed E-state index contributed by atoms with van der Waals surface area (Å²) >= 11 is 8.77. The fourth-order valence-electron chi connectivity index (χ4n) is 3.67. The van der Waals surface area contributed by atoms with Crippen LogP contribution in [0, 0.1) is 0 Å². The highest BCUT2D eigenvalue weighted by Gasteiger charge is 2.18. The van der Waals surface area contributed by atoms with Gasteiger partial charge in [0.2, 0.25) is 0 Å². The minimum absolute atomic E-state index is 0.0289. The first-order valence-corrected chi connectivity index (χ1v) is 12.8. The second-order valence-corrected chi connectivity index (χ2v) is 9.38. The minimum Gasteiger partial charge on any atom is -0.492 e. The summed E-state index contributed by atoms with van der Waals surface area (Å²) in [5.74, 6) is 0.289. The lowest BCUT2D eigenvalue weighted by Crippen LogP contribution is -2.40. The quantitative estimate of drug-likeness (QED) is 0.404. The van der Waals surface area contributed by atoms with E-state index in [0.717, 1.165) is 6.42 Å². The molecule has 1 aliphatic heterocycles. The van der Waals surface area contributed by atoms with Crippen LogP contribution in [-0.2, 0) is 11.2 Å². The molecule has 0 unspecified atom stereocenters. The monoisotopic (exact) mass is 567 g/mol. The maximum absolute atomic E-state index is 12.7. The van der Waals surface area contributed by atoms with Crippen LogP contribution >= 0.6 is 28.1 Å². The van der Waals surface area contributed by atoms with Crippen LogP contribution in [0.25, 0.3) is 0 Å². The van der Waals surface area contributed by atoms with Crippen molar-refractivity contribution in [3.63, 3.8) is 0 Å². The molecule has 2 N–H and O–H groups in total. The molecular weight excluding hydrogens is 542 g/mol. The van der Waals surface area contributed by atoms with Crippen LogP contribution in [0.3, 0.4) is 0 Å². The van der Waals surface area contributed by atoms with Crippen molar-refractivity contribution in [1.29, 1.82) is 0 Å². The summed E-state index contributed by atoms with van der Waals surface area (Å²) in [4.78, 5) is 27.0. The minimum atomic E-state index is -0.344. The van der Waals surface area contributed by atoms with Gasteiger partial charge in [-0.2, -0.15) is 0 Å². The van der Waals surface area contributed by atoms with E-state index in [-0.39, 0.29) is 16.9 Å². The molecule has 0 radical (unpaired) electrons. The van der Waals surface area contributed by atoms with E-state index >= 15 is 0 Å². The molecule has 0 aromatic heterocycles. The summed E-state index contributed by atoms with van der Waals surface area (Å²) in [5, 5.41) is 5.81. The third-order valence-corrected chi connectivity index (χ3v) is 6.42. The normalized spacial score (nSPS) is 13.1. The Bertz CT molecular complexity index is 1220. The molecule has 9 heteroatoms. The van der Waals surface area contributed by atoms with Crippen molar-refractivity contribution in [2.45, 2.75) is 6.42 Å². The van der Waals surface area contributed by atoms with E-state index in [2.05, 4.69) is 38.7 Å². The van der Waals surface area contributed by atoms with Crippen molar-refractivity contribution in [1.82, 2.24) is 10.2 Å². The number of anilines is 1. The van der Waals surface area contributed by atoms with E-state index in [1.807, 2.05) is 18.2 Å². The van der Waals surface area contributed by atoms with Crippen LogP contribution in [-0.4, -0.2) is 54.7 Å². The molecule has 0 aliphatic carbocycles. The van der Waals surface area contributed by atoms with Gasteiger partial charge in [0.15, 0.2) is 5.11 Å². The number of ether oxygens (including phenoxy) is 2. The number of hydrogen-bond acceptors (Lipinski definition) is 5. The van der Waals surface area contributed by atoms with Crippen LogP contribution in [0.5, 0.6) is 5.75 Å². The number of nitrogens with zero attached hydrogens (tertiary/aromatic N) is 1. The Labute approximate surface area is 223 Å². The molecule has 0 saturated carbocycles. The Kier molecular flexibility index (Phi) is 9.05. The number of halogens is 1. The van der Waals surface area contributed by atoms with Crippen molar-refractivity contribution in [2.24, 2.45) is 0 Å². The van der Waals surface area contributed by atoms with Gasteiger partial charge in [-0.05, 0) is 76.2 Å². The van der Waals surface area contributed by atoms with Crippen molar-refractivity contribution in [3.8, 4) is 5.75 Å². The van der Waals surface area contributed by atoms with Crippen LogP contribution in [0.15, 0.2) is 77.3 Å². The van der Waals surface area contributed by atoms with Crippen LogP contribution < -0.4 is 15.4 Å². The molecule has 3 aromatic rings. The van der Waals surface area contributed by atoms with E-state index in [9.17, 15) is 9.59 Å². The van der Waals surface area contributed by atoms with Crippen molar-refractivity contribution in [3.05, 3.63) is 94.0 Å². The number of carbonyl (C=O) groups is 2. The Hall–Kier alpha value is -3.27. The zero-order valence-electron chi connectivity index (χ0n) is 19.5. The van der Waals surface area contributed by atoms with Crippen molar-refractivity contribution < 1.29 is 19.1 Å². The van der Waals surface area contributed by atoms with E-state index < -0.39 is 0 Å². The van der Waals surface area contributed by atoms with E-state index in [1.54, 1.807) is 47.4 Å². The molecule has 186 valence electrons. The van der Waals surface area contributed by atoms with Crippen molar-refractivity contribution in [2.75, 3.05) is 38.2 Å². The second kappa shape index (κ2) is 12.6. The number of thiocarbonyl (C=S) groups is 1. The molecule has 4 rings (SSSR count). The number of amides is 2. The smallest absolute Gasteiger partial charge is 0.257 e. The summed E-state index contributed by atoms with van der Waals surface area (Å²) in [6.07, 6.45) is 0.789. The van der Waals surface area contributed by atoms with E-state index in [0.29, 0.717) is 59.9 Å². The Morgan fingerprint density at radius 2 is 1.67 bits per heavy atom. The second-order valence-electron chi connectivity index (χ2n) is 8.12. The molecule has 2 amide bonds. The van der Waals surface area contributed by atoms with Gasteiger partial charge < -0.3 is 19.7 Å². The molecule has 0 spiro atoms. The van der Waals surface area contributed by atoms with Gasteiger partial charge in [-0.25, -0.2) is 0 Å². The van der Waals surface area contributed by atoms with Gasteiger partial charge in [0.25, 0.3) is 11.8 Å². The van der Waals surface area contributed by atoms with Gasteiger partial charge in [-0.3, -0.25) is 14.9 Å². The number of rotatable bonds is 7. The zero-order valence-corrected chi connectivity index (χ0v) is 21.9. The third-order valence-electron chi connectivity index (χ3n) is 5.60. The molecule has 1 heterocycles. The lowest BCUT2D eigenvalue weighted by molar-refractivity contribution is 0.0303. The van der Waals surface area contributed by atoms with Gasteiger partial charge in [0, 0.05) is 36.3 Å². The number of carbonyl (C=O) groups excluding carboxylic acids is 2. The first-order valence-electron chi connectivity index (χ1n) is 11.6. The van der Waals surface area contributed by atoms with Crippen LogP contribution in [0.1, 0.15) is 26.3 Å². The van der Waals surface area contributed by atoms with Crippen LogP contribution in [0.2, 0.25) is 0 Å². The lowest BCUT2D eigenvalue weighted by Gasteiger charge is -2.26. The third kappa shape index (κ3) is 7.13. The van der Waals surface area contributed by atoms with Crippen molar-refractivity contribution >= 4 is 50.8 Å². The van der Waals surface area contributed by atoms with Crippen LogP contribution in [0.4, 0.5) is 5.69 Å². The predicted molar refractivity (Wildman–Crippen MR) is 147 cm³/mol. The summed E-state index contributed by atoms with van der Waals surface area (Å²) in [6, 6.07) is 22.2. The average Bonchev–Trinajstić information content (AvgIpc) is 2.90. The molecule has 36 heavy (non-hydrogen) atoms. The molecule has 1 aliphatic rings. The maximum atomic E-state index is 12.7. The summed E-state index contributed by atoms with van der Waals surface area (Å²) in [6.45, 7) is 2.82. The average molecular weight is 568 g/mol.